The molecule has 1 amide bonds. The number of carbonyl (C=O) groups is 1. The van der Waals surface area contributed by atoms with Crippen molar-refractivity contribution in [3.63, 3.8) is 0 Å². The van der Waals surface area contributed by atoms with Crippen LogP contribution in [0.3, 0.4) is 0 Å². The summed E-state index contributed by atoms with van der Waals surface area (Å²) in [6.45, 7) is 3.26. The minimum Gasteiger partial charge on any atom is -0.504 e. The van der Waals surface area contributed by atoms with E-state index in [9.17, 15) is 23.1 Å². The van der Waals surface area contributed by atoms with Gasteiger partial charge in [-0.3, -0.25) is 4.79 Å². The van der Waals surface area contributed by atoms with Gasteiger partial charge in [-0.15, -0.1) is 13.2 Å². The van der Waals surface area contributed by atoms with E-state index in [1.54, 1.807) is 24.1 Å². The molecule has 9 heteroatoms. The fraction of sp³-hybridized carbons (Fsp3) is 0.483. The molecule has 2 heterocycles. The fourth-order valence-corrected chi connectivity index (χ4v) is 7.86. The number of phenols is 1. The number of piperidine rings is 1. The van der Waals surface area contributed by atoms with Crippen molar-refractivity contribution in [1.82, 2.24) is 9.80 Å². The first-order valence-electron chi connectivity index (χ1n) is 13.0. The van der Waals surface area contributed by atoms with E-state index in [2.05, 4.69) is 23.6 Å². The van der Waals surface area contributed by atoms with Crippen molar-refractivity contribution < 1.29 is 32.5 Å². The lowest BCUT2D eigenvalue weighted by molar-refractivity contribution is -0.274. The Kier molecular flexibility index (Phi) is 5.55. The Morgan fingerprint density at radius 1 is 1.26 bits per heavy atom. The van der Waals surface area contributed by atoms with Crippen LogP contribution in [0.15, 0.2) is 42.5 Å². The average molecular weight is 529 g/mol. The highest BCUT2D eigenvalue weighted by Crippen LogP contribution is 2.69. The predicted molar refractivity (Wildman–Crippen MR) is 135 cm³/mol. The van der Waals surface area contributed by atoms with Crippen LogP contribution < -0.4 is 9.47 Å². The maximum atomic E-state index is 13.3. The number of aromatic hydroxyl groups is 1. The molecule has 38 heavy (non-hydrogen) atoms. The normalized spacial score (nSPS) is 31.6. The smallest absolute Gasteiger partial charge is 0.504 e. The standard InChI is InChI=1S/C29H31F3N2O4/c1-27-12-11-20(34(3)23(36)10-7-17-5-4-6-19(15-17)38-29(30,31)32)26-28(27)13-14-33(2)22(27)16-18-8-9-21(35)25(37-26)24(18)28/h4-10,15,20,22,26,35H,11-14,16H2,1-3H3/t20-,22-,26+,27+,28+/m1/s1. The summed E-state index contributed by atoms with van der Waals surface area (Å²) < 4.78 is 48.4. The van der Waals surface area contributed by atoms with Gasteiger partial charge < -0.3 is 24.4 Å². The third-order valence-electron chi connectivity index (χ3n) is 9.62. The molecule has 2 aromatic rings. The van der Waals surface area contributed by atoms with Gasteiger partial charge in [0.1, 0.15) is 11.9 Å². The molecule has 1 spiro atoms. The minimum absolute atomic E-state index is 0.0636. The van der Waals surface area contributed by atoms with Gasteiger partial charge in [0.25, 0.3) is 0 Å². The lowest BCUT2D eigenvalue weighted by Crippen LogP contribution is -2.73. The number of likely N-dealkylation sites (tertiary alicyclic amines) is 1. The first kappa shape index (κ1) is 25.1. The average Bonchev–Trinajstić information content (AvgIpc) is 3.21. The second kappa shape index (κ2) is 8.40. The molecule has 2 bridgehead atoms. The Labute approximate surface area is 219 Å². The molecule has 5 atom stereocenters. The van der Waals surface area contributed by atoms with Gasteiger partial charge in [-0.1, -0.05) is 25.1 Å². The maximum absolute atomic E-state index is 13.3. The summed E-state index contributed by atoms with van der Waals surface area (Å²) in [6.07, 6.45) is 1.24. The van der Waals surface area contributed by atoms with Gasteiger partial charge in [0, 0.05) is 30.1 Å². The van der Waals surface area contributed by atoms with E-state index in [0.29, 0.717) is 17.4 Å². The van der Waals surface area contributed by atoms with Crippen LogP contribution in [0.5, 0.6) is 17.2 Å². The highest BCUT2D eigenvalue weighted by Gasteiger charge is 2.71. The zero-order valence-electron chi connectivity index (χ0n) is 21.6. The topological polar surface area (TPSA) is 62.2 Å². The number of likely N-dealkylation sites (N-methyl/N-ethyl adjacent to an activating group) is 2. The Hall–Kier alpha value is -3.20. The van der Waals surface area contributed by atoms with Crippen LogP contribution in [0.1, 0.15) is 42.9 Å². The van der Waals surface area contributed by atoms with Gasteiger partial charge in [-0.2, -0.15) is 0 Å². The molecule has 1 N–H and O–H groups in total. The highest BCUT2D eigenvalue weighted by molar-refractivity contribution is 5.92. The SMILES string of the molecule is CN1CC[C@]23c4c5ccc(O)c4O[C@H]2[C@H](N(C)C(=O)C=Cc2cccc(OC(F)(F)F)c2)CC[C@@]3(C)[C@H]1C5. The monoisotopic (exact) mass is 528 g/mol. The van der Waals surface area contributed by atoms with E-state index < -0.39 is 6.36 Å². The third-order valence-corrected chi connectivity index (χ3v) is 9.62. The van der Waals surface area contributed by atoms with Gasteiger partial charge in [0.2, 0.25) is 5.91 Å². The number of alkyl halides is 3. The summed E-state index contributed by atoms with van der Waals surface area (Å²) in [4.78, 5) is 17.5. The molecular formula is C29H31F3N2O4. The Bertz CT molecular complexity index is 1330. The van der Waals surface area contributed by atoms with Crippen LogP contribution in [0.2, 0.25) is 0 Å². The number of ether oxygens (including phenoxy) is 2. The minimum atomic E-state index is -4.79. The Morgan fingerprint density at radius 3 is 2.82 bits per heavy atom. The number of halogens is 3. The molecule has 6 nitrogen and oxygen atoms in total. The number of amides is 1. The van der Waals surface area contributed by atoms with Gasteiger partial charge >= 0.3 is 6.36 Å². The van der Waals surface area contributed by atoms with E-state index in [0.717, 1.165) is 37.8 Å². The van der Waals surface area contributed by atoms with Crippen LogP contribution in [0.25, 0.3) is 6.08 Å². The van der Waals surface area contributed by atoms with Crippen molar-refractivity contribution in [2.75, 3.05) is 20.6 Å². The van der Waals surface area contributed by atoms with Crippen LogP contribution in [0, 0.1) is 5.41 Å². The van der Waals surface area contributed by atoms with Crippen molar-refractivity contribution in [3.8, 4) is 17.2 Å². The fourth-order valence-electron chi connectivity index (χ4n) is 7.86. The molecule has 0 aromatic heterocycles. The lowest BCUT2D eigenvalue weighted by atomic mass is 9.43. The summed E-state index contributed by atoms with van der Waals surface area (Å²) in [6, 6.07) is 9.37. The van der Waals surface area contributed by atoms with Crippen molar-refractivity contribution in [2.45, 2.75) is 62.6 Å². The van der Waals surface area contributed by atoms with Crippen LogP contribution in [-0.4, -0.2) is 66.0 Å². The summed E-state index contributed by atoms with van der Waals surface area (Å²) >= 11 is 0. The highest BCUT2D eigenvalue weighted by atomic mass is 19.4. The number of benzene rings is 2. The van der Waals surface area contributed by atoms with E-state index in [-0.39, 0.29) is 40.4 Å². The Morgan fingerprint density at radius 2 is 2.05 bits per heavy atom. The van der Waals surface area contributed by atoms with Gasteiger partial charge in [0.15, 0.2) is 11.5 Å². The largest absolute Gasteiger partial charge is 0.573 e. The molecule has 0 radical (unpaired) electrons. The quantitative estimate of drug-likeness (QED) is 0.573. The summed E-state index contributed by atoms with van der Waals surface area (Å²) in [5, 5.41) is 10.8. The number of phenolic OH excluding ortho intramolecular Hbond substituents is 1. The molecule has 1 saturated carbocycles. The first-order valence-corrected chi connectivity index (χ1v) is 13.0. The number of rotatable bonds is 4. The summed E-state index contributed by atoms with van der Waals surface area (Å²) in [5.74, 6) is 0.0988. The molecule has 6 rings (SSSR count). The number of hydrogen-bond donors (Lipinski definition) is 1. The second-order valence-electron chi connectivity index (χ2n) is 11.3. The van der Waals surface area contributed by atoms with Gasteiger partial charge in [0.05, 0.1) is 6.04 Å². The third kappa shape index (κ3) is 3.54. The van der Waals surface area contributed by atoms with E-state index in [4.69, 9.17) is 4.74 Å². The number of carbonyl (C=O) groups excluding carboxylic acids is 1. The zero-order chi connectivity index (χ0) is 27.0. The molecule has 2 fully saturated rings. The molecular weight excluding hydrogens is 497 g/mol. The second-order valence-corrected chi connectivity index (χ2v) is 11.3. The molecule has 2 aromatic carbocycles. The van der Waals surface area contributed by atoms with Crippen molar-refractivity contribution in [2.24, 2.45) is 5.41 Å². The number of nitrogens with zero attached hydrogens (tertiary/aromatic N) is 2. The van der Waals surface area contributed by atoms with Gasteiger partial charge in [-0.25, -0.2) is 0 Å². The van der Waals surface area contributed by atoms with Crippen molar-refractivity contribution in [3.05, 3.63) is 59.2 Å². The maximum Gasteiger partial charge on any atom is 0.573 e. The molecule has 1 saturated heterocycles. The van der Waals surface area contributed by atoms with Crippen LogP contribution >= 0.6 is 0 Å². The predicted octanol–water partition coefficient (Wildman–Crippen LogP) is 4.89. The van der Waals surface area contributed by atoms with Crippen molar-refractivity contribution >= 4 is 12.0 Å². The first-order chi connectivity index (χ1) is 17.9. The van der Waals surface area contributed by atoms with E-state index in [1.165, 1.54) is 35.9 Å². The van der Waals surface area contributed by atoms with Gasteiger partial charge in [-0.05, 0) is 80.1 Å². The van der Waals surface area contributed by atoms with E-state index in [1.807, 2.05) is 6.07 Å². The number of hydrogen-bond acceptors (Lipinski definition) is 5. The lowest BCUT2D eigenvalue weighted by Gasteiger charge is -2.65. The summed E-state index contributed by atoms with van der Waals surface area (Å²) in [7, 11) is 3.93. The van der Waals surface area contributed by atoms with Crippen molar-refractivity contribution in [1.29, 1.82) is 0 Å². The van der Waals surface area contributed by atoms with E-state index >= 15 is 0 Å². The molecule has 2 aliphatic carbocycles. The summed E-state index contributed by atoms with van der Waals surface area (Å²) in [5.41, 5.74) is 2.39. The Balaban J connectivity index is 1.30. The van der Waals surface area contributed by atoms with Crippen LogP contribution in [-0.2, 0) is 16.6 Å². The van der Waals surface area contributed by atoms with Crippen LogP contribution in [0.4, 0.5) is 13.2 Å². The molecule has 4 aliphatic rings. The molecule has 202 valence electrons. The molecule has 0 unspecified atom stereocenters. The zero-order valence-corrected chi connectivity index (χ0v) is 21.6. The molecule has 2 aliphatic heterocycles.